The quantitative estimate of drug-likeness (QED) is 0.611. The van der Waals surface area contributed by atoms with Crippen LogP contribution in [0.2, 0.25) is 0 Å². The average Bonchev–Trinajstić information content (AvgIpc) is 3.52. The number of carbonyl (C=O) groups excluding carboxylic acids is 2. The molecule has 2 atom stereocenters. The standard InChI is InChI=1S/C24H22N2O6S/c1-26-22(20-5-4-8-33-20)21(14-10-17(29-2)18(30-3)11-15(14)24(26)28)23(27)25-13-6-7-16-19(9-13)32-12-31-16/h4-11,21-22H,12H2,1-3H3,(H,25,27). The third kappa shape index (κ3) is 3.54. The van der Waals surface area contributed by atoms with Gasteiger partial charge in [-0.15, -0.1) is 11.3 Å². The fourth-order valence-corrected chi connectivity index (χ4v) is 5.25. The summed E-state index contributed by atoms with van der Waals surface area (Å²) in [6, 6.07) is 12.0. The van der Waals surface area contributed by atoms with E-state index in [0.717, 1.165) is 4.88 Å². The van der Waals surface area contributed by atoms with Crippen molar-refractivity contribution < 1.29 is 28.5 Å². The van der Waals surface area contributed by atoms with Crippen LogP contribution in [0.25, 0.3) is 0 Å². The summed E-state index contributed by atoms with van der Waals surface area (Å²) in [5, 5.41) is 4.93. The second-order valence-corrected chi connectivity index (χ2v) is 8.68. The molecule has 1 N–H and O–H groups in total. The van der Waals surface area contributed by atoms with Gasteiger partial charge in [0.25, 0.3) is 5.91 Å². The third-order valence-corrected chi connectivity index (χ3v) is 6.87. The predicted octanol–water partition coefficient (Wildman–Crippen LogP) is 4.04. The normalized spacial score (nSPS) is 18.6. The summed E-state index contributed by atoms with van der Waals surface area (Å²) in [6.07, 6.45) is 0. The first-order chi connectivity index (χ1) is 16.0. The number of likely N-dealkylation sites (N-methyl/N-ethyl adjacent to an activating group) is 1. The third-order valence-electron chi connectivity index (χ3n) is 5.93. The van der Waals surface area contributed by atoms with Crippen LogP contribution in [-0.2, 0) is 4.79 Å². The second kappa shape index (κ2) is 8.32. The lowest BCUT2D eigenvalue weighted by atomic mass is 9.81. The molecule has 0 aliphatic carbocycles. The number of anilines is 1. The minimum Gasteiger partial charge on any atom is -0.493 e. The number of nitrogens with one attached hydrogen (secondary N) is 1. The van der Waals surface area contributed by atoms with Crippen LogP contribution in [0.5, 0.6) is 23.0 Å². The minimum atomic E-state index is -0.674. The fourth-order valence-electron chi connectivity index (χ4n) is 4.34. The molecule has 2 amide bonds. The van der Waals surface area contributed by atoms with Crippen molar-refractivity contribution in [2.75, 3.05) is 33.4 Å². The van der Waals surface area contributed by atoms with Gasteiger partial charge < -0.3 is 29.2 Å². The summed E-state index contributed by atoms with van der Waals surface area (Å²) in [4.78, 5) is 29.6. The van der Waals surface area contributed by atoms with Gasteiger partial charge in [-0.1, -0.05) is 6.07 Å². The molecule has 2 unspecified atom stereocenters. The van der Waals surface area contributed by atoms with E-state index < -0.39 is 12.0 Å². The highest BCUT2D eigenvalue weighted by Gasteiger charge is 2.44. The molecule has 8 nitrogen and oxygen atoms in total. The van der Waals surface area contributed by atoms with E-state index in [4.69, 9.17) is 18.9 Å². The van der Waals surface area contributed by atoms with Crippen LogP contribution in [0.3, 0.4) is 0 Å². The van der Waals surface area contributed by atoms with Crippen LogP contribution in [0.1, 0.15) is 32.8 Å². The molecule has 3 heterocycles. The lowest BCUT2D eigenvalue weighted by Gasteiger charge is -2.39. The summed E-state index contributed by atoms with van der Waals surface area (Å²) in [5.41, 5.74) is 1.58. The number of carbonyl (C=O) groups is 2. The lowest BCUT2D eigenvalue weighted by molar-refractivity contribution is -0.119. The maximum Gasteiger partial charge on any atom is 0.254 e. The molecule has 0 fully saturated rings. The van der Waals surface area contributed by atoms with Gasteiger partial charge in [0.05, 0.1) is 26.2 Å². The molecule has 0 saturated carbocycles. The number of thiophene rings is 1. The summed E-state index contributed by atoms with van der Waals surface area (Å²) < 4.78 is 21.7. The number of rotatable bonds is 5. The molecule has 3 aromatic rings. The summed E-state index contributed by atoms with van der Waals surface area (Å²) in [6.45, 7) is 0.151. The maximum absolute atomic E-state index is 13.8. The van der Waals surface area contributed by atoms with E-state index in [1.165, 1.54) is 25.6 Å². The van der Waals surface area contributed by atoms with Crippen LogP contribution in [0, 0.1) is 0 Å². The van der Waals surface area contributed by atoms with Gasteiger partial charge in [0.2, 0.25) is 12.7 Å². The molecule has 9 heteroatoms. The molecule has 2 aromatic carbocycles. The topological polar surface area (TPSA) is 86.3 Å². The Morgan fingerprint density at radius 1 is 1.09 bits per heavy atom. The van der Waals surface area contributed by atoms with Crippen molar-refractivity contribution in [3.05, 3.63) is 63.8 Å². The maximum atomic E-state index is 13.8. The Labute approximate surface area is 194 Å². The molecular formula is C24H22N2O6S. The average molecular weight is 467 g/mol. The van der Waals surface area contributed by atoms with Gasteiger partial charge in [0.15, 0.2) is 23.0 Å². The van der Waals surface area contributed by atoms with Gasteiger partial charge in [-0.3, -0.25) is 9.59 Å². The van der Waals surface area contributed by atoms with E-state index in [9.17, 15) is 9.59 Å². The molecule has 33 heavy (non-hydrogen) atoms. The summed E-state index contributed by atoms with van der Waals surface area (Å²) in [7, 11) is 4.76. The highest BCUT2D eigenvalue weighted by atomic mass is 32.1. The summed E-state index contributed by atoms with van der Waals surface area (Å²) in [5.74, 6) is 0.991. The zero-order valence-corrected chi connectivity index (χ0v) is 19.1. The molecule has 0 radical (unpaired) electrons. The molecule has 5 rings (SSSR count). The van der Waals surface area contributed by atoms with Crippen LogP contribution in [0.4, 0.5) is 5.69 Å². The molecule has 170 valence electrons. The van der Waals surface area contributed by atoms with Crippen molar-refractivity contribution >= 4 is 28.8 Å². The highest BCUT2D eigenvalue weighted by Crippen LogP contribution is 2.47. The zero-order valence-electron chi connectivity index (χ0n) is 18.3. The van der Waals surface area contributed by atoms with Gasteiger partial charge in [-0.25, -0.2) is 0 Å². The first kappa shape index (κ1) is 21.1. The Hall–Kier alpha value is -3.72. The Morgan fingerprint density at radius 3 is 2.58 bits per heavy atom. The number of ether oxygens (including phenoxy) is 4. The van der Waals surface area contributed by atoms with Crippen molar-refractivity contribution in [1.29, 1.82) is 0 Å². The van der Waals surface area contributed by atoms with E-state index in [0.29, 0.717) is 39.8 Å². The van der Waals surface area contributed by atoms with E-state index in [1.54, 1.807) is 42.3 Å². The summed E-state index contributed by atoms with van der Waals surface area (Å²) >= 11 is 1.50. The van der Waals surface area contributed by atoms with Crippen LogP contribution in [-0.4, -0.2) is 44.8 Å². The molecule has 1 aromatic heterocycles. The minimum absolute atomic E-state index is 0.151. The number of amides is 2. The van der Waals surface area contributed by atoms with Crippen LogP contribution >= 0.6 is 11.3 Å². The predicted molar refractivity (Wildman–Crippen MR) is 123 cm³/mol. The van der Waals surface area contributed by atoms with Crippen LogP contribution < -0.4 is 24.3 Å². The Morgan fingerprint density at radius 2 is 1.85 bits per heavy atom. The number of nitrogens with zero attached hydrogens (tertiary/aromatic N) is 1. The molecule has 2 aliphatic heterocycles. The van der Waals surface area contributed by atoms with E-state index >= 15 is 0 Å². The molecule has 2 aliphatic rings. The number of fused-ring (bicyclic) bond motifs is 2. The van der Waals surface area contributed by atoms with Gasteiger partial charge in [-0.05, 0) is 41.3 Å². The van der Waals surface area contributed by atoms with E-state index in [-0.39, 0.29) is 18.6 Å². The fraction of sp³-hybridized carbons (Fsp3) is 0.250. The highest BCUT2D eigenvalue weighted by molar-refractivity contribution is 7.10. The Balaban J connectivity index is 1.60. The number of methoxy groups -OCH3 is 2. The lowest BCUT2D eigenvalue weighted by Crippen LogP contribution is -2.43. The van der Waals surface area contributed by atoms with Crippen molar-refractivity contribution in [1.82, 2.24) is 4.90 Å². The first-order valence-corrected chi connectivity index (χ1v) is 11.2. The van der Waals surface area contributed by atoms with Crippen molar-refractivity contribution in [3.63, 3.8) is 0 Å². The SMILES string of the molecule is COc1cc2c(cc1OC)C(C(=O)Nc1ccc3c(c1)OCO3)C(c1cccs1)N(C)C2=O. The first-order valence-electron chi connectivity index (χ1n) is 10.3. The molecule has 0 saturated heterocycles. The molecule has 0 spiro atoms. The smallest absolute Gasteiger partial charge is 0.254 e. The zero-order chi connectivity index (χ0) is 23.1. The van der Waals surface area contributed by atoms with Gasteiger partial charge in [0, 0.05) is 29.2 Å². The Kier molecular flexibility index (Phi) is 5.33. The van der Waals surface area contributed by atoms with Crippen molar-refractivity contribution in [2.45, 2.75) is 12.0 Å². The Bertz CT molecular complexity index is 1230. The molecule has 0 bridgehead atoms. The van der Waals surface area contributed by atoms with Crippen molar-refractivity contribution in [2.24, 2.45) is 0 Å². The van der Waals surface area contributed by atoms with Gasteiger partial charge in [0.1, 0.15) is 0 Å². The van der Waals surface area contributed by atoms with E-state index in [2.05, 4.69) is 5.32 Å². The number of hydrogen-bond donors (Lipinski definition) is 1. The number of benzene rings is 2. The van der Waals surface area contributed by atoms with Gasteiger partial charge >= 0.3 is 0 Å². The van der Waals surface area contributed by atoms with Crippen LogP contribution in [0.15, 0.2) is 47.8 Å². The van der Waals surface area contributed by atoms with E-state index in [1.807, 2.05) is 17.5 Å². The van der Waals surface area contributed by atoms with Crippen molar-refractivity contribution in [3.8, 4) is 23.0 Å². The largest absolute Gasteiger partial charge is 0.493 e. The monoisotopic (exact) mass is 466 g/mol. The second-order valence-electron chi connectivity index (χ2n) is 7.71. The van der Waals surface area contributed by atoms with Gasteiger partial charge in [-0.2, -0.15) is 0 Å². The molecular weight excluding hydrogens is 444 g/mol. The number of hydrogen-bond acceptors (Lipinski definition) is 7.